The second-order valence-corrected chi connectivity index (χ2v) is 6.80. The Kier molecular flexibility index (Phi) is 4.84. The lowest BCUT2D eigenvalue weighted by Crippen LogP contribution is -2.26. The van der Waals surface area contributed by atoms with Gasteiger partial charge < -0.3 is 9.88 Å². The molecule has 3 heterocycles. The molecule has 6 nitrogen and oxygen atoms in total. The van der Waals surface area contributed by atoms with Gasteiger partial charge in [-0.1, -0.05) is 12.1 Å². The molecule has 0 aliphatic carbocycles. The number of aromatic nitrogens is 4. The highest BCUT2D eigenvalue weighted by Crippen LogP contribution is 2.23. The van der Waals surface area contributed by atoms with E-state index in [4.69, 9.17) is 0 Å². The van der Waals surface area contributed by atoms with Crippen LogP contribution in [0.4, 0.5) is 8.78 Å². The van der Waals surface area contributed by atoms with Gasteiger partial charge in [0, 0.05) is 23.8 Å². The fourth-order valence-electron chi connectivity index (χ4n) is 3.25. The molecule has 0 fully saturated rings. The summed E-state index contributed by atoms with van der Waals surface area (Å²) in [7, 11) is 0. The topological polar surface area (TPSA) is 64.2 Å². The molecular weight excluding hydrogens is 376 g/mol. The highest BCUT2D eigenvalue weighted by molar-refractivity contribution is 5.99. The minimum Gasteiger partial charge on any atom is -0.345 e. The second-order valence-electron chi connectivity index (χ2n) is 6.80. The minimum absolute atomic E-state index is 0.117. The lowest BCUT2D eigenvalue weighted by Gasteiger charge is -2.15. The zero-order valence-corrected chi connectivity index (χ0v) is 15.9. The summed E-state index contributed by atoms with van der Waals surface area (Å²) in [4.78, 5) is 17.0. The molecule has 1 N–H and O–H groups in total. The van der Waals surface area contributed by atoms with Gasteiger partial charge in [0.1, 0.15) is 11.3 Å². The third-order valence-corrected chi connectivity index (χ3v) is 4.72. The quantitative estimate of drug-likeness (QED) is 0.549. The van der Waals surface area contributed by atoms with E-state index in [0.717, 1.165) is 15.8 Å². The highest BCUT2D eigenvalue weighted by atomic mass is 19.3. The molecule has 1 atom stereocenters. The summed E-state index contributed by atoms with van der Waals surface area (Å²) in [5, 5.41) is 6.84. The van der Waals surface area contributed by atoms with E-state index in [-0.39, 0.29) is 22.9 Å². The number of amides is 1. The number of aryl methyl sites for hydroxylation is 1. The van der Waals surface area contributed by atoms with Gasteiger partial charge >= 0.3 is 0 Å². The minimum atomic E-state index is -2.72. The first-order chi connectivity index (χ1) is 13.9. The van der Waals surface area contributed by atoms with E-state index in [2.05, 4.69) is 15.4 Å². The SMILES string of the molecule is Cc1cc(C(F)F)n2ncc(C(=O)NC(C)c3cccc(-n4cccc4)c3)c2n1. The molecule has 0 aliphatic rings. The standard InChI is InChI=1S/C21H19F2N5O/c1-13-10-18(19(22)23)28-20(25-13)17(12-24-28)21(29)26-14(2)15-6-5-7-16(11-15)27-8-3-4-9-27/h3-12,14,19H,1-2H3,(H,26,29). The first-order valence-electron chi connectivity index (χ1n) is 9.11. The molecule has 4 aromatic rings. The maximum absolute atomic E-state index is 13.3. The number of rotatable bonds is 5. The number of carbonyl (C=O) groups excluding carboxylic acids is 1. The Morgan fingerprint density at radius 3 is 2.62 bits per heavy atom. The molecule has 148 valence electrons. The van der Waals surface area contributed by atoms with E-state index in [1.54, 1.807) is 6.92 Å². The van der Waals surface area contributed by atoms with Crippen molar-refractivity contribution in [1.82, 2.24) is 24.5 Å². The molecule has 1 aromatic carbocycles. The number of halogens is 2. The lowest BCUT2D eigenvalue weighted by molar-refractivity contribution is 0.0941. The third kappa shape index (κ3) is 3.61. The van der Waals surface area contributed by atoms with Crippen LogP contribution in [0, 0.1) is 6.92 Å². The Hall–Kier alpha value is -3.55. The van der Waals surface area contributed by atoms with Crippen molar-refractivity contribution < 1.29 is 13.6 Å². The van der Waals surface area contributed by atoms with Gasteiger partial charge in [0.25, 0.3) is 12.3 Å². The Balaban J connectivity index is 1.61. The molecule has 0 spiro atoms. The zero-order valence-electron chi connectivity index (χ0n) is 15.9. The third-order valence-electron chi connectivity index (χ3n) is 4.72. The molecular formula is C21H19F2N5O. The van der Waals surface area contributed by atoms with Crippen LogP contribution in [0.15, 0.2) is 61.1 Å². The predicted molar refractivity (Wildman–Crippen MR) is 104 cm³/mol. The molecule has 3 aromatic heterocycles. The largest absolute Gasteiger partial charge is 0.345 e. The number of alkyl halides is 2. The van der Waals surface area contributed by atoms with Crippen LogP contribution >= 0.6 is 0 Å². The van der Waals surface area contributed by atoms with E-state index in [1.807, 2.05) is 60.3 Å². The van der Waals surface area contributed by atoms with Crippen LogP contribution in [0.2, 0.25) is 0 Å². The highest BCUT2D eigenvalue weighted by Gasteiger charge is 2.21. The molecule has 0 saturated carbocycles. The molecule has 29 heavy (non-hydrogen) atoms. The number of hydrogen-bond donors (Lipinski definition) is 1. The van der Waals surface area contributed by atoms with Gasteiger partial charge in [-0.05, 0) is 49.7 Å². The van der Waals surface area contributed by atoms with Crippen LogP contribution in [0.25, 0.3) is 11.3 Å². The smallest absolute Gasteiger partial charge is 0.280 e. The van der Waals surface area contributed by atoms with Gasteiger partial charge in [0.15, 0.2) is 5.65 Å². The summed E-state index contributed by atoms with van der Waals surface area (Å²) in [5.41, 5.74) is 2.27. The number of nitrogens with zero attached hydrogens (tertiary/aromatic N) is 4. The molecule has 0 bridgehead atoms. The summed E-state index contributed by atoms with van der Waals surface area (Å²) < 4.78 is 29.6. The van der Waals surface area contributed by atoms with Crippen molar-refractivity contribution in [1.29, 1.82) is 0 Å². The molecule has 0 aliphatic heterocycles. The summed E-state index contributed by atoms with van der Waals surface area (Å²) >= 11 is 0. The Labute approximate surface area is 165 Å². The number of fused-ring (bicyclic) bond motifs is 1. The first kappa shape index (κ1) is 18.8. The van der Waals surface area contributed by atoms with E-state index in [9.17, 15) is 13.6 Å². The molecule has 1 amide bonds. The number of benzene rings is 1. The maximum atomic E-state index is 13.3. The molecule has 1 unspecified atom stereocenters. The molecule has 0 saturated heterocycles. The Bertz CT molecular complexity index is 1170. The Morgan fingerprint density at radius 1 is 1.14 bits per heavy atom. The van der Waals surface area contributed by atoms with Crippen LogP contribution < -0.4 is 5.32 Å². The summed E-state index contributed by atoms with van der Waals surface area (Å²) in [5.74, 6) is -0.419. The van der Waals surface area contributed by atoms with Crippen molar-refractivity contribution in [2.24, 2.45) is 0 Å². The summed E-state index contributed by atoms with van der Waals surface area (Å²) in [6, 6.07) is 12.6. The van der Waals surface area contributed by atoms with Crippen LogP contribution in [-0.4, -0.2) is 25.1 Å². The van der Waals surface area contributed by atoms with Crippen LogP contribution in [0.5, 0.6) is 0 Å². The Morgan fingerprint density at radius 2 is 1.90 bits per heavy atom. The number of carbonyl (C=O) groups is 1. The number of nitrogens with one attached hydrogen (secondary N) is 1. The van der Waals surface area contributed by atoms with E-state index < -0.39 is 12.3 Å². The van der Waals surface area contributed by atoms with E-state index in [0.29, 0.717) is 5.69 Å². The predicted octanol–water partition coefficient (Wildman–Crippen LogP) is 4.26. The van der Waals surface area contributed by atoms with Crippen LogP contribution in [0.3, 0.4) is 0 Å². The van der Waals surface area contributed by atoms with Gasteiger partial charge in [0.2, 0.25) is 0 Å². The average molecular weight is 395 g/mol. The van der Waals surface area contributed by atoms with Crippen molar-refractivity contribution in [2.45, 2.75) is 26.3 Å². The molecule has 0 radical (unpaired) electrons. The van der Waals surface area contributed by atoms with Crippen molar-refractivity contribution in [3.63, 3.8) is 0 Å². The van der Waals surface area contributed by atoms with Gasteiger partial charge in [-0.2, -0.15) is 5.10 Å². The monoisotopic (exact) mass is 395 g/mol. The average Bonchev–Trinajstić information content (AvgIpc) is 3.37. The van der Waals surface area contributed by atoms with Gasteiger partial charge in [-0.15, -0.1) is 0 Å². The van der Waals surface area contributed by atoms with E-state index in [1.165, 1.54) is 12.3 Å². The van der Waals surface area contributed by atoms with Crippen molar-refractivity contribution in [3.8, 4) is 5.69 Å². The first-order valence-corrected chi connectivity index (χ1v) is 9.11. The van der Waals surface area contributed by atoms with Crippen molar-refractivity contribution in [3.05, 3.63) is 83.6 Å². The summed E-state index contributed by atoms with van der Waals surface area (Å²) in [6.07, 6.45) is 2.43. The fraction of sp³-hybridized carbons (Fsp3) is 0.190. The number of hydrogen-bond acceptors (Lipinski definition) is 3. The van der Waals surface area contributed by atoms with Crippen LogP contribution in [0.1, 0.15) is 46.7 Å². The normalized spacial score (nSPS) is 12.4. The summed E-state index contributed by atoms with van der Waals surface area (Å²) in [6.45, 7) is 3.47. The van der Waals surface area contributed by atoms with E-state index >= 15 is 0 Å². The lowest BCUT2D eigenvalue weighted by atomic mass is 10.1. The van der Waals surface area contributed by atoms with Crippen molar-refractivity contribution in [2.75, 3.05) is 0 Å². The zero-order chi connectivity index (χ0) is 20.5. The molecule has 4 rings (SSSR count). The van der Waals surface area contributed by atoms with Gasteiger partial charge in [0.05, 0.1) is 12.2 Å². The maximum Gasteiger partial charge on any atom is 0.280 e. The second kappa shape index (κ2) is 7.46. The fourth-order valence-corrected chi connectivity index (χ4v) is 3.25. The van der Waals surface area contributed by atoms with Gasteiger partial charge in [-0.3, -0.25) is 4.79 Å². The molecule has 8 heteroatoms. The van der Waals surface area contributed by atoms with Gasteiger partial charge in [-0.25, -0.2) is 18.3 Å². The van der Waals surface area contributed by atoms with Crippen LogP contribution in [-0.2, 0) is 0 Å². The van der Waals surface area contributed by atoms with Crippen molar-refractivity contribution >= 4 is 11.6 Å².